The second-order valence-electron chi connectivity index (χ2n) is 6.18. The molecule has 1 nitrogen and oxygen atoms in total. The van der Waals surface area contributed by atoms with Crippen molar-refractivity contribution in [1.29, 1.82) is 0 Å². The molecule has 0 aliphatic heterocycles. The lowest BCUT2D eigenvalue weighted by molar-refractivity contribution is 0.312. The monoisotopic (exact) mass is 338 g/mol. The average molecular weight is 338 g/mol. The van der Waals surface area contributed by atoms with Gasteiger partial charge in [-0.1, -0.05) is 48.6 Å². The van der Waals surface area contributed by atoms with E-state index in [-0.39, 0.29) is 5.82 Å². The maximum absolute atomic E-state index is 14.6. The van der Waals surface area contributed by atoms with Gasteiger partial charge in [-0.25, -0.2) is 4.39 Å². The molecule has 4 rings (SSSR count). The molecule has 1 saturated carbocycles. The summed E-state index contributed by atoms with van der Waals surface area (Å²) in [5.74, 6) is -0.188. The third-order valence-corrected chi connectivity index (χ3v) is 5.33. The molecular formula is C21H19FOS. The van der Waals surface area contributed by atoms with Gasteiger partial charge in [-0.05, 0) is 60.2 Å². The zero-order valence-electron chi connectivity index (χ0n) is 13.6. The molecule has 122 valence electrons. The highest BCUT2D eigenvalue weighted by Crippen LogP contribution is 2.38. The van der Waals surface area contributed by atoms with Crippen LogP contribution in [0.5, 0.6) is 5.06 Å². The lowest BCUT2D eigenvalue weighted by Gasteiger charge is -2.06. The number of thiophene rings is 1. The smallest absolute Gasteiger partial charge is 0.174 e. The van der Waals surface area contributed by atoms with Crippen molar-refractivity contribution in [2.75, 3.05) is 0 Å². The summed E-state index contributed by atoms with van der Waals surface area (Å²) in [5, 5.41) is 0.881. The average Bonchev–Trinajstić information content (AvgIpc) is 3.30. The van der Waals surface area contributed by atoms with Crippen LogP contribution in [0, 0.1) is 5.82 Å². The minimum absolute atomic E-state index is 0.188. The lowest BCUT2D eigenvalue weighted by Crippen LogP contribution is -1.92. The molecule has 3 aromatic rings. The first-order chi connectivity index (χ1) is 11.7. The molecule has 1 aromatic heterocycles. The molecular weight excluding hydrogens is 319 g/mol. The third kappa shape index (κ3) is 3.22. The summed E-state index contributed by atoms with van der Waals surface area (Å²) in [7, 11) is 0. The fourth-order valence-corrected chi connectivity index (χ4v) is 3.65. The summed E-state index contributed by atoms with van der Waals surface area (Å²) in [5.41, 5.74) is 3.88. The van der Waals surface area contributed by atoms with Crippen LogP contribution in [0.15, 0.2) is 54.6 Å². The molecule has 1 aliphatic rings. The SMILES string of the molecule is CCc1ccc(-c2ccc(-c3ccc(OC4CC4)s3)c(F)c2)cc1. The molecule has 0 unspecified atom stereocenters. The van der Waals surface area contributed by atoms with Gasteiger partial charge in [-0.2, -0.15) is 0 Å². The van der Waals surface area contributed by atoms with E-state index in [4.69, 9.17) is 4.74 Å². The molecule has 24 heavy (non-hydrogen) atoms. The van der Waals surface area contributed by atoms with Crippen LogP contribution in [-0.4, -0.2) is 6.10 Å². The molecule has 0 saturated heterocycles. The highest BCUT2D eigenvalue weighted by molar-refractivity contribution is 7.17. The van der Waals surface area contributed by atoms with E-state index in [2.05, 4.69) is 31.2 Å². The second kappa shape index (κ2) is 6.40. The molecule has 0 spiro atoms. The van der Waals surface area contributed by atoms with E-state index in [1.807, 2.05) is 24.3 Å². The maximum Gasteiger partial charge on any atom is 0.174 e. The van der Waals surface area contributed by atoms with Gasteiger partial charge in [0, 0.05) is 10.4 Å². The predicted molar refractivity (Wildman–Crippen MR) is 98.2 cm³/mol. The van der Waals surface area contributed by atoms with Crippen LogP contribution >= 0.6 is 11.3 Å². The van der Waals surface area contributed by atoms with Gasteiger partial charge in [-0.3, -0.25) is 0 Å². The summed E-state index contributed by atoms with van der Waals surface area (Å²) >= 11 is 1.51. The highest BCUT2D eigenvalue weighted by Gasteiger charge is 2.24. The van der Waals surface area contributed by atoms with Crippen LogP contribution in [-0.2, 0) is 6.42 Å². The van der Waals surface area contributed by atoms with Gasteiger partial charge in [0.25, 0.3) is 0 Å². The van der Waals surface area contributed by atoms with E-state index in [0.29, 0.717) is 11.7 Å². The molecule has 1 fully saturated rings. The summed E-state index contributed by atoms with van der Waals surface area (Å²) in [6.45, 7) is 2.13. The number of ether oxygens (including phenoxy) is 1. The van der Waals surface area contributed by atoms with Crippen molar-refractivity contribution in [3.63, 3.8) is 0 Å². The first-order valence-corrected chi connectivity index (χ1v) is 9.20. The lowest BCUT2D eigenvalue weighted by atomic mass is 10.0. The van der Waals surface area contributed by atoms with Crippen molar-refractivity contribution in [3.05, 3.63) is 66.0 Å². The molecule has 0 N–H and O–H groups in total. The Morgan fingerprint density at radius 1 is 1.00 bits per heavy atom. The van der Waals surface area contributed by atoms with Gasteiger partial charge < -0.3 is 4.74 Å². The van der Waals surface area contributed by atoms with Crippen molar-refractivity contribution in [3.8, 4) is 26.6 Å². The van der Waals surface area contributed by atoms with Gasteiger partial charge in [0.1, 0.15) is 5.82 Å². The van der Waals surface area contributed by atoms with Crippen LogP contribution < -0.4 is 4.74 Å². The zero-order chi connectivity index (χ0) is 16.5. The van der Waals surface area contributed by atoms with Crippen LogP contribution in [0.25, 0.3) is 21.6 Å². The van der Waals surface area contributed by atoms with Crippen molar-refractivity contribution in [2.45, 2.75) is 32.3 Å². The number of halogens is 1. The Morgan fingerprint density at radius 2 is 1.75 bits per heavy atom. The minimum atomic E-state index is -0.188. The molecule has 0 bridgehead atoms. The van der Waals surface area contributed by atoms with E-state index in [9.17, 15) is 4.39 Å². The van der Waals surface area contributed by atoms with E-state index in [1.165, 1.54) is 16.9 Å². The molecule has 2 aromatic carbocycles. The molecule has 0 radical (unpaired) electrons. The zero-order valence-corrected chi connectivity index (χ0v) is 14.4. The van der Waals surface area contributed by atoms with Crippen molar-refractivity contribution in [2.24, 2.45) is 0 Å². The van der Waals surface area contributed by atoms with Crippen molar-refractivity contribution < 1.29 is 9.13 Å². The number of benzene rings is 2. The Bertz CT molecular complexity index is 847. The first-order valence-electron chi connectivity index (χ1n) is 8.38. The Hall–Kier alpha value is -2.13. The van der Waals surface area contributed by atoms with Crippen molar-refractivity contribution in [1.82, 2.24) is 0 Å². The van der Waals surface area contributed by atoms with E-state index in [1.54, 1.807) is 6.07 Å². The fraction of sp³-hybridized carbons (Fsp3) is 0.238. The van der Waals surface area contributed by atoms with Crippen LogP contribution in [0.2, 0.25) is 0 Å². The Labute approximate surface area is 145 Å². The highest BCUT2D eigenvalue weighted by atomic mass is 32.1. The first kappa shape index (κ1) is 15.4. The molecule has 0 atom stereocenters. The van der Waals surface area contributed by atoms with Gasteiger partial charge >= 0.3 is 0 Å². The number of hydrogen-bond donors (Lipinski definition) is 0. The standard InChI is InChI=1S/C21H19FOS/c1-2-14-3-5-15(6-4-14)16-7-10-18(19(22)13-16)20-11-12-21(24-20)23-17-8-9-17/h3-7,10-13,17H,2,8-9H2,1H3. The summed E-state index contributed by atoms with van der Waals surface area (Å²) in [4.78, 5) is 0.913. The van der Waals surface area contributed by atoms with E-state index in [0.717, 1.165) is 40.3 Å². The second-order valence-corrected chi connectivity index (χ2v) is 7.23. The number of aryl methyl sites for hydroxylation is 1. The summed E-state index contributed by atoms with van der Waals surface area (Å²) in [6.07, 6.45) is 3.65. The number of rotatable bonds is 5. The quantitative estimate of drug-likeness (QED) is 0.528. The van der Waals surface area contributed by atoms with Gasteiger partial charge in [0.2, 0.25) is 0 Å². The normalized spacial score (nSPS) is 13.9. The van der Waals surface area contributed by atoms with E-state index < -0.39 is 0 Å². The van der Waals surface area contributed by atoms with Crippen LogP contribution in [0.1, 0.15) is 25.3 Å². The molecule has 3 heteroatoms. The minimum Gasteiger partial charge on any atom is -0.481 e. The molecule has 0 amide bonds. The Balaban J connectivity index is 1.59. The molecule has 1 aliphatic carbocycles. The number of hydrogen-bond acceptors (Lipinski definition) is 2. The summed E-state index contributed by atoms with van der Waals surface area (Å²) < 4.78 is 20.4. The largest absolute Gasteiger partial charge is 0.481 e. The Morgan fingerprint density at radius 3 is 2.42 bits per heavy atom. The van der Waals surface area contributed by atoms with Gasteiger partial charge in [-0.15, -0.1) is 0 Å². The van der Waals surface area contributed by atoms with Crippen LogP contribution in [0.3, 0.4) is 0 Å². The van der Waals surface area contributed by atoms with Crippen LogP contribution in [0.4, 0.5) is 4.39 Å². The van der Waals surface area contributed by atoms with Gasteiger partial charge in [0.05, 0.1) is 6.10 Å². The van der Waals surface area contributed by atoms with Gasteiger partial charge in [0.15, 0.2) is 5.06 Å². The van der Waals surface area contributed by atoms with E-state index >= 15 is 0 Å². The summed E-state index contributed by atoms with van der Waals surface area (Å²) in [6, 6.07) is 17.7. The maximum atomic E-state index is 14.6. The fourth-order valence-electron chi connectivity index (χ4n) is 2.71. The van der Waals surface area contributed by atoms with Crippen molar-refractivity contribution >= 4 is 11.3 Å². The molecule has 1 heterocycles. The third-order valence-electron chi connectivity index (χ3n) is 4.32. The Kier molecular flexibility index (Phi) is 4.11. The predicted octanol–water partition coefficient (Wildman–Crippen LogP) is 6.32. The topological polar surface area (TPSA) is 9.23 Å².